The number of hydrogen-bond donors (Lipinski definition) is 2. The zero-order valence-electron chi connectivity index (χ0n) is 11.7. The predicted octanol–water partition coefficient (Wildman–Crippen LogP) is 1.27. The van der Waals surface area contributed by atoms with E-state index in [1.54, 1.807) is 18.5 Å². The van der Waals surface area contributed by atoms with Crippen LogP contribution in [0.4, 0.5) is 5.13 Å². The Labute approximate surface area is 122 Å². The Morgan fingerprint density at radius 1 is 1.40 bits per heavy atom. The summed E-state index contributed by atoms with van der Waals surface area (Å²) in [5, 5.41) is 5.21. The van der Waals surface area contributed by atoms with Gasteiger partial charge in [-0.1, -0.05) is 0 Å². The summed E-state index contributed by atoms with van der Waals surface area (Å²) in [6, 6.07) is 0.0709. The maximum absolute atomic E-state index is 12.2. The average molecular weight is 315 g/mol. The maximum atomic E-state index is 12.2. The van der Waals surface area contributed by atoms with Gasteiger partial charge in [-0.25, -0.2) is 9.97 Å². The van der Waals surface area contributed by atoms with Gasteiger partial charge in [0.15, 0.2) is 10.2 Å². The largest absolute Gasteiger partial charge is 0.337 e. The van der Waals surface area contributed by atoms with Gasteiger partial charge in [-0.3, -0.25) is 4.72 Å². The monoisotopic (exact) mass is 315 g/mol. The topological polar surface area (TPSA) is 88.9 Å². The second-order valence-electron chi connectivity index (χ2n) is 4.43. The fraction of sp³-hybridized carbons (Fsp3) is 0.455. The van der Waals surface area contributed by atoms with E-state index in [0.29, 0.717) is 11.0 Å². The van der Waals surface area contributed by atoms with Gasteiger partial charge < -0.3 is 9.88 Å². The molecule has 0 amide bonds. The molecule has 7 nitrogen and oxygen atoms in total. The molecule has 0 saturated carbocycles. The lowest BCUT2D eigenvalue weighted by Gasteiger charge is -2.05. The molecule has 0 radical (unpaired) electrons. The van der Waals surface area contributed by atoms with Crippen molar-refractivity contribution >= 4 is 26.5 Å². The molecule has 0 bridgehead atoms. The summed E-state index contributed by atoms with van der Waals surface area (Å²) < 4.78 is 28.5. The first-order chi connectivity index (χ1) is 9.33. The van der Waals surface area contributed by atoms with Gasteiger partial charge in [0, 0.05) is 24.7 Å². The Morgan fingerprint density at radius 3 is 2.65 bits per heavy atom. The van der Waals surface area contributed by atoms with Crippen molar-refractivity contribution in [1.29, 1.82) is 0 Å². The van der Waals surface area contributed by atoms with Crippen molar-refractivity contribution in [2.75, 3.05) is 11.8 Å². The molecule has 2 rings (SSSR count). The van der Waals surface area contributed by atoms with Gasteiger partial charge in [-0.05, 0) is 20.9 Å². The van der Waals surface area contributed by atoms with Gasteiger partial charge in [0.25, 0.3) is 10.0 Å². The van der Waals surface area contributed by atoms with Crippen molar-refractivity contribution in [2.45, 2.75) is 24.9 Å². The minimum atomic E-state index is -3.69. The summed E-state index contributed by atoms with van der Waals surface area (Å²) in [6.45, 7) is 3.70. The quantitative estimate of drug-likeness (QED) is 0.867. The van der Waals surface area contributed by atoms with Crippen LogP contribution in [0, 0.1) is 6.92 Å². The molecular formula is C11H17N5O2S2. The Morgan fingerprint density at radius 2 is 2.10 bits per heavy atom. The molecule has 110 valence electrons. The number of hydrogen-bond acceptors (Lipinski definition) is 6. The molecule has 0 saturated heterocycles. The molecule has 1 atom stereocenters. The summed E-state index contributed by atoms with van der Waals surface area (Å²) in [5.74, 6) is 0.633. The number of sulfonamides is 1. The molecule has 0 aliphatic rings. The van der Waals surface area contributed by atoms with Crippen molar-refractivity contribution in [2.24, 2.45) is 7.05 Å². The Hall–Kier alpha value is -1.45. The normalized spacial score (nSPS) is 13.4. The van der Waals surface area contributed by atoms with Crippen molar-refractivity contribution in [1.82, 2.24) is 19.9 Å². The van der Waals surface area contributed by atoms with E-state index in [1.165, 1.54) is 17.5 Å². The Kier molecular flexibility index (Phi) is 4.11. The number of nitrogens with zero attached hydrogens (tertiary/aromatic N) is 3. The lowest BCUT2D eigenvalue weighted by Crippen LogP contribution is -2.15. The number of nitrogens with one attached hydrogen (secondary N) is 2. The van der Waals surface area contributed by atoms with Crippen molar-refractivity contribution in [3.8, 4) is 0 Å². The average Bonchev–Trinajstić information content (AvgIpc) is 2.96. The molecule has 9 heteroatoms. The zero-order valence-corrected chi connectivity index (χ0v) is 13.3. The predicted molar refractivity (Wildman–Crippen MR) is 78.3 cm³/mol. The Bertz CT molecular complexity index is 685. The van der Waals surface area contributed by atoms with E-state index in [2.05, 4.69) is 20.0 Å². The van der Waals surface area contributed by atoms with Crippen LogP contribution in [-0.4, -0.2) is 30.0 Å². The van der Waals surface area contributed by atoms with Gasteiger partial charge in [-0.15, -0.1) is 11.3 Å². The first-order valence-corrected chi connectivity index (χ1v) is 8.35. The second kappa shape index (κ2) is 5.51. The highest BCUT2D eigenvalue weighted by atomic mass is 32.2. The van der Waals surface area contributed by atoms with Crippen LogP contribution in [0.5, 0.6) is 0 Å². The van der Waals surface area contributed by atoms with Crippen LogP contribution in [0.2, 0.25) is 0 Å². The van der Waals surface area contributed by atoms with Crippen LogP contribution in [-0.2, 0) is 17.1 Å². The van der Waals surface area contributed by atoms with E-state index in [0.717, 1.165) is 5.69 Å². The van der Waals surface area contributed by atoms with Crippen LogP contribution in [0.1, 0.15) is 24.5 Å². The molecule has 2 heterocycles. The highest BCUT2D eigenvalue weighted by Crippen LogP contribution is 2.22. The molecule has 0 aromatic carbocycles. The molecule has 20 heavy (non-hydrogen) atoms. The number of aromatic nitrogens is 3. The molecule has 2 aromatic heterocycles. The minimum absolute atomic E-state index is 0.00378. The van der Waals surface area contributed by atoms with E-state index < -0.39 is 10.0 Å². The third kappa shape index (κ3) is 3.00. The fourth-order valence-corrected chi connectivity index (χ4v) is 3.60. The van der Waals surface area contributed by atoms with Gasteiger partial charge in [0.05, 0.1) is 5.69 Å². The standard InChI is InChI=1S/C11H17N5O2S2/c1-7(12-3)9-6-19-11(14-9)15-20(17,18)10-5-16(4)8(2)13-10/h5-7,12H,1-4H3,(H,14,15). The molecule has 0 aliphatic carbocycles. The highest BCUT2D eigenvalue weighted by molar-refractivity contribution is 7.92. The highest BCUT2D eigenvalue weighted by Gasteiger charge is 2.20. The lowest BCUT2D eigenvalue weighted by molar-refractivity contribution is 0.597. The SMILES string of the molecule is CNC(C)c1csc(NS(=O)(=O)c2cn(C)c(C)n2)n1. The molecule has 0 spiro atoms. The molecule has 0 aliphatic heterocycles. The third-order valence-electron chi connectivity index (χ3n) is 2.98. The third-order valence-corrected chi connectivity index (χ3v) is 5.10. The van der Waals surface area contributed by atoms with Crippen molar-refractivity contribution < 1.29 is 8.42 Å². The summed E-state index contributed by atoms with van der Waals surface area (Å²) in [7, 11) is -0.117. The van der Waals surface area contributed by atoms with Crippen molar-refractivity contribution in [3.05, 3.63) is 23.1 Å². The summed E-state index contributed by atoms with van der Waals surface area (Å²) >= 11 is 1.25. The molecular weight excluding hydrogens is 298 g/mol. The van der Waals surface area contributed by atoms with Gasteiger partial charge in [0.2, 0.25) is 0 Å². The van der Waals surface area contributed by atoms with E-state index >= 15 is 0 Å². The second-order valence-corrected chi connectivity index (χ2v) is 6.92. The number of anilines is 1. The molecule has 1 unspecified atom stereocenters. The van der Waals surface area contributed by atoms with Crippen LogP contribution in [0.3, 0.4) is 0 Å². The summed E-state index contributed by atoms with van der Waals surface area (Å²) in [6.07, 6.45) is 1.47. The van der Waals surface area contributed by atoms with Gasteiger partial charge in [-0.2, -0.15) is 8.42 Å². The fourth-order valence-electron chi connectivity index (χ4n) is 1.50. The number of imidazole rings is 1. The lowest BCUT2D eigenvalue weighted by atomic mass is 10.3. The smallest absolute Gasteiger partial charge is 0.282 e. The summed E-state index contributed by atoms with van der Waals surface area (Å²) in [5.41, 5.74) is 0.799. The minimum Gasteiger partial charge on any atom is -0.337 e. The van der Waals surface area contributed by atoms with Crippen LogP contribution in [0.25, 0.3) is 0 Å². The van der Waals surface area contributed by atoms with Gasteiger partial charge in [0.1, 0.15) is 5.82 Å². The number of thiazole rings is 1. The maximum Gasteiger partial charge on any atom is 0.282 e. The van der Waals surface area contributed by atoms with Crippen LogP contribution in [0.15, 0.2) is 16.6 Å². The molecule has 2 N–H and O–H groups in total. The van der Waals surface area contributed by atoms with Crippen molar-refractivity contribution in [3.63, 3.8) is 0 Å². The van der Waals surface area contributed by atoms with Crippen LogP contribution >= 0.6 is 11.3 Å². The number of rotatable bonds is 5. The first-order valence-electron chi connectivity index (χ1n) is 5.99. The van der Waals surface area contributed by atoms with E-state index in [9.17, 15) is 8.42 Å². The van der Waals surface area contributed by atoms with E-state index in [-0.39, 0.29) is 11.1 Å². The van der Waals surface area contributed by atoms with E-state index in [1.807, 2.05) is 19.4 Å². The number of aryl methyl sites for hydroxylation is 2. The van der Waals surface area contributed by atoms with Gasteiger partial charge >= 0.3 is 0 Å². The van der Waals surface area contributed by atoms with E-state index in [4.69, 9.17) is 0 Å². The first kappa shape index (κ1) is 14.9. The zero-order chi connectivity index (χ0) is 14.9. The molecule has 2 aromatic rings. The van der Waals surface area contributed by atoms with Crippen LogP contribution < -0.4 is 10.0 Å². The summed E-state index contributed by atoms with van der Waals surface area (Å²) in [4.78, 5) is 8.27. The molecule has 0 fully saturated rings. The Balaban J connectivity index is 2.22.